The lowest BCUT2D eigenvalue weighted by atomic mass is 9.85. The first-order valence-electron chi connectivity index (χ1n) is 9.70. The average Bonchev–Trinajstić information content (AvgIpc) is 3.40. The van der Waals surface area contributed by atoms with E-state index in [1.807, 2.05) is 12.2 Å². The highest BCUT2D eigenvalue weighted by Gasteiger charge is 2.59. The van der Waals surface area contributed by atoms with Crippen molar-refractivity contribution in [1.29, 1.82) is 0 Å². The number of hydrogen-bond acceptors (Lipinski definition) is 7. The second-order valence-corrected chi connectivity index (χ2v) is 8.21. The number of fused-ring (bicyclic) bond motifs is 5. The number of halogens is 1. The number of benzene rings is 1. The molecule has 2 aliphatic carbocycles. The van der Waals surface area contributed by atoms with E-state index in [4.69, 9.17) is 14.2 Å². The third-order valence-electron chi connectivity index (χ3n) is 5.69. The van der Waals surface area contributed by atoms with Crippen molar-refractivity contribution in [3.63, 3.8) is 0 Å². The van der Waals surface area contributed by atoms with Gasteiger partial charge in [-0.05, 0) is 53.2 Å². The molecule has 4 unspecified atom stereocenters. The van der Waals surface area contributed by atoms with Gasteiger partial charge in [-0.1, -0.05) is 12.2 Å². The summed E-state index contributed by atoms with van der Waals surface area (Å²) in [4.78, 5) is 37.0. The van der Waals surface area contributed by atoms with Gasteiger partial charge in [-0.25, -0.2) is 4.79 Å². The van der Waals surface area contributed by atoms with Crippen molar-refractivity contribution >= 4 is 39.9 Å². The molecule has 2 fully saturated rings. The summed E-state index contributed by atoms with van der Waals surface area (Å²) < 4.78 is 16.3. The minimum absolute atomic E-state index is 0.138. The van der Waals surface area contributed by atoms with Crippen LogP contribution in [0.2, 0.25) is 0 Å². The fraction of sp³-hybridized carbons (Fsp3) is 0.429. The molecule has 4 rings (SSSR count). The molecule has 2 bridgehead atoms. The van der Waals surface area contributed by atoms with Crippen LogP contribution in [0.25, 0.3) is 0 Å². The lowest BCUT2D eigenvalue weighted by Gasteiger charge is -2.13. The quantitative estimate of drug-likeness (QED) is 0.259. The predicted octanol–water partition coefficient (Wildman–Crippen LogP) is 2.54. The maximum Gasteiger partial charge on any atom is 0.344 e. The molecular weight excluding hydrogens is 456 g/mol. The Labute approximate surface area is 182 Å². The fourth-order valence-electron chi connectivity index (χ4n) is 4.38. The number of carbonyl (C=O) groups is 3. The largest absolute Gasteiger partial charge is 0.493 e. The van der Waals surface area contributed by atoms with Gasteiger partial charge in [0, 0.05) is 10.0 Å². The Morgan fingerprint density at radius 2 is 1.87 bits per heavy atom. The summed E-state index contributed by atoms with van der Waals surface area (Å²) in [5.41, 5.74) is 0.592. The van der Waals surface area contributed by atoms with E-state index in [1.54, 1.807) is 19.1 Å². The van der Waals surface area contributed by atoms with E-state index in [9.17, 15) is 14.4 Å². The van der Waals surface area contributed by atoms with Crippen LogP contribution in [0.3, 0.4) is 0 Å². The van der Waals surface area contributed by atoms with Crippen LogP contribution in [0.1, 0.15) is 18.9 Å². The first-order valence-corrected chi connectivity index (χ1v) is 10.5. The van der Waals surface area contributed by atoms with Crippen molar-refractivity contribution in [2.24, 2.45) is 28.8 Å². The Balaban J connectivity index is 1.51. The minimum Gasteiger partial charge on any atom is -0.493 e. The first kappa shape index (κ1) is 20.6. The van der Waals surface area contributed by atoms with Crippen molar-refractivity contribution in [2.75, 3.05) is 20.3 Å². The molecule has 0 aromatic heterocycles. The minimum atomic E-state index is -0.485. The van der Waals surface area contributed by atoms with Crippen LogP contribution in [-0.4, -0.2) is 49.3 Å². The topological polar surface area (TPSA) is 94.5 Å². The molecule has 1 aromatic carbocycles. The van der Waals surface area contributed by atoms with Gasteiger partial charge in [-0.3, -0.25) is 9.59 Å². The van der Waals surface area contributed by atoms with Gasteiger partial charge in [0.15, 0.2) is 18.1 Å². The summed E-state index contributed by atoms with van der Waals surface area (Å²) in [5.74, 6) is -0.545. The normalized spacial score (nSPS) is 26.6. The van der Waals surface area contributed by atoms with Crippen LogP contribution in [0.5, 0.6) is 11.5 Å². The molecule has 1 saturated heterocycles. The van der Waals surface area contributed by atoms with Crippen LogP contribution in [0.4, 0.5) is 0 Å². The van der Waals surface area contributed by atoms with Gasteiger partial charge in [0.1, 0.15) is 0 Å². The van der Waals surface area contributed by atoms with Gasteiger partial charge >= 0.3 is 5.97 Å². The number of amides is 2. The molecule has 0 N–H and O–H groups in total. The second kappa shape index (κ2) is 8.22. The fourth-order valence-corrected chi connectivity index (χ4v) is 4.81. The number of nitrogens with zero attached hydrogens (tertiary/aromatic N) is 2. The summed E-state index contributed by atoms with van der Waals surface area (Å²) in [6.07, 6.45) is 6.40. The zero-order chi connectivity index (χ0) is 21.4. The summed E-state index contributed by atoms with van der Waals surface area (Å²) in [7, 11) is 1.47. The Hall–Kier alpha value is -2.68. The molecule has 0 spiro atoms. The number of allylic oxidation sites excluding steroid dienone is 2. The van der Waals surface area contributed by atoms with Crippen molar-refractivity contribution in [3.8, 4) is 11.5 Å². The second-order valence-electron chi connectivity index (χ2n) is 7.35. The molecular formula is C21H21BrN2O6. The van der Waals surface area contributed by atoms with Crippen molar-refractivity contribution < 1.29 is 28.6 Å². The van der Waals surface area contributed by atoms with Gasteiger partial charge in [0.05, 0.1) is 31.8 Å². The van der Waals surface area contributed by atoms with E-state index in [2.05, 4.69) is 21.0 Å². The molecule has 1 aromatic rings. The number of methoxy groups -OCH3 is 1. The van der Waals surface area contributed by atoms with Crippen LogP contribution >= 0.6 is 15.9 Å². The zero-order valence-corrected chi connectivity index (χ0v) is 18.1. The molecule has 30 heavy (non-hydrogen) atoms. The van der Waals surface area contributed by atoms with E-state index in [1.165, 1.54) is 13.3 Å². The standard InChI is InChI=1S/C21H21BrN2O6/c1-3-29-17(25)10-30-16-8-14(22)13(7-15(16)28-2)9-23-24-20(26)18-11-4-5-12(6-11)19(18)21(24)27/h4-5,7-9,11-12,18-19H,3,6,10H2,1-2H3. The molecule has 3 aliphatic rings. The number of esters is 1. The number of ether oxygens (including phenoxy) is 3. The van der Waals surface area contributed by atoms with Crippen molar-refractivity contribution in [1.82, 2.24) is 5.01 Å². The third-order valence-corrected chi connectivity index (χ3v) is 6.38. The van der Waals surface area contributed by atoms with E-state index < -0.39 is 5.97 Å². The smallest absolute Gasteiger partial charge is 0.344 e. The Kier molecular flexibility index (Phi) is 5.64. The molecule has 4 atom stereocenters. The van der Waals surface area contributed by atoms with Gasteiger partial charge in [-0.15, -0.1) is 0 Å². The SMILES string of the molecule is CCOC(=O)COc1cc(Br)c(C=NN2C(=O)C3C4C=CC(C4)C3C2=O)cc1OC. The van der Waals surface area contributed by atoms with E-state index in [-0.39, 0.29) is 48.7 Å². The summed E-state index contributed by atoms with van der Waals surface area (Å²) in [6, 6.07) is 3.27. The molecule has 9 heteroatoms. The van der Waals surface area contributed by atoms with Crippen molar-refractivity contribution in [2.45, 2.75) is 13.3 Å². The van der Waals surface area contributed by atoms with E-state index in [0.29, 0.717) is 21.5 Å². The van der Waals surface area contributed by atoms with Gasteiger partial charge in [-0.2, -0.15) is 10.1 Å². The lowest BCUT2D eigenvalue weighted by Crippen LogP contribution is -2.28. The molecule has 1 saturated carbocycles. The average molecular weight is 477 g/mol. The number of hydrogen-bond donors (Lipinski definition) is 0. The maximum atomic E-state index is 12.7. The highest BCUT2D eigenvalue weighted by molar-refractivity contribution is 9.10. The first-order chi connectivity index (χ1) is 14.4. The highest BCUT2D eigenvalue weighted by Crippen LogP contribution is 2.52. The predicted molar refractivity (Wildman–Crippen MR) is 110 cm³/mol. The number of carbonyl (C=O) groups excluding carboxylic acids is 3. The number of imide groups is 1. The number of rotatable bonds is 7. The molecule has 1 aliphatic heterocycles. The van der Waals surface area contributed by atoms with Crippen LogP contribution < -0.4 is 9.47 Å². The van der Waals surface area contributed by atoms with E-state index >= 15 is 0 Å². The molecule has 0 radical (unpaired) electrons. The zero-order valence-electron chi connectivity index (χ0n) is 16.5. The van der Waals surface area contributed by atoms with Crippen LogP contribution in [0, 0.1) is 23.7 Å². The molecule has 2 amide bonds. The third kappa shape index (κ3) is 3.51. The Bertz CT molecular complexity index is 929. The summed E-state index contributed by atoms with van der Waals surface area (Å²) >= 11 is 3.42. The molecule has 8 nitrogen and oxygen atoms in total. The van der Waals surface area contributed by atoms with Crippen LogP contribution in [-0.2, 0) is 19.1 Å². The highest BCUT2D eigenvalue weighted by atomic mass is 79.9. The van der Waals surface area contributed by atoms with Gasteiger partial charge in [0.2, 0.25) is 0 Å². The van der Waals surface area contributed by atoms with E-state index in [0.717, 1.165) is 11.4 Å². The van der Waals surface area contributed by atoms with Crippen molar-refractivity contribution in [3.05, 3.63) is 34.3 Å². The summed E-state index contributed by atoms with van der Waals surface area (Å²) in [6.45, 7) is 1.74. The number of hydrazone groups is 1. The lowest BCUT2D eigenvalue weighted by molar-refractivity contribution is -0.145. The monoisotopic (exact) mass is 476 g/mol. The molecule has 158 valence electrons. The van der Waals surface area contributed by atoms with Gasteiger partial charge in [0.25, 0.3) is 11.8 Å². The van der Waals surface area contributed by atoms with Gasteiger partial charge < -0.3 is 14.2 Å². The summed E-state index contributed by atoms with van der Waals surface area (Å²) in [5, 5.41) is 5.17. The Morgan fingerprint density at radius 3 is 2.47 bits per heavy atom. The maximum absolute atomic E-state index is 12.7. The van der Waals surface area contributed by atoms with Crippen LogP contribution in [0.15, 0.2) is 33.9 Å². The molecule has 1 heterocycles. The Morgan fingerprint density at radius 1 is 1.20 bits per heavy atom.